The normalized spacial score (nSPS) is 18.4. The van der Waals surface area contributed by atoms with E-state index in [-0.39, 0.29) is 5.92 Å². The molecule has 1 aliphatic rings. The maximum Gasteiger partial charge on any atom is 0.0653 e. The van der Waals surface area contributed by atoms with Gasteiger partial charge in [0.05, 0.1) is 11.8 Å². The topological polar surface area (TPSA) is 48.2 Å². The SMILES string of the molecule is C=CC(CC1=C(NC)C=NCC1)CC(C)C#N. The molecular weight excluding hydrogens is 210 g/mol. The Bertz CT molecular complexity index is 360. The average Bonchev–Trinajstić information content (AvgIpc) is 2.38. The highest BCUT2D eigenvalue weighted by Gasteiger charge is 2.15. The number of allylic oxidation sites excluding steroid dienone is 2. The van der Waals surface area contributed by atoms with Crippen molar-refractivity contribution in [2.45, 2.75) is 26.2 Å². The summed E-state index contributed by atoms with van der Waals surface area (Å²) in [6, 6.07) is 2.29. The van der Waals surface area contributed by atoms with Gasteiger partial charge in [0.25, 0.3) is 0 Å². The first-order valence-electron chi connectivity index (χ1n) is 6.13. The third kappa shape index (κ3) is 4.07. The van der Waals surface area contributed by atoms with Gasteiger partial charge in [0.15, 0.2) is 0 Å². The van der Waals surface area contributed by atoms with E-state index in [1.807, 2.05) is 26.3 Å². The zero-order chi connectivity index (χ0) is 12.7. The van der Waals surface area contributed by atoms with E-state index in [1.54, 1.807) is 0 Å². The second kappa shape index (κ2) is 6.90. The van der Waals surface area contributed by atoms with E-state index in [2.05, 4.69) is 23.0 Å². The van der Waals surface area contributed by atoms with Gasteiger partial charge in [-0.05, 0) is 37.7 Å². The van der Waals surface area contributed by atoms with Gasteiger partial charge in [0.1, 0.15) is 0 Å². The Morgan fingerprint density at radius 1 is 1.71 bits per heavy atom. The number of nitrogens with zero attached hydrogens (tertiary/aromatic N) is 2. The molecule has 0 bridgehead atoms. The molecule has 1 heterocycles. The standard InChI is InChI=1S/C14H21N3/c1-4-12(7-11(2)9-15)8-13-5-6-17-10-14(13)16-3/h4,10-12,16H,1,5-8H2,2-3H3. The lowest BCUT2D eigenvalue weighted by Crippen LogP contribution is -2.16. The molecule has 0 aliphatic carbocycles. The van der Waals surface area contributed by atoms with Crippen molar-refractivity contribution in [2.75, 3.05) is 13.6 Å². The van der Waals surface area contributed by atoms with Gasteiger partial charge in [-0.1, -0.05) is 6.08 Å². The highest BCUT2D eigenvalue weighted by atomic mass is 14.9. The van der Waals surface area contributed by atoms with Crippen LogP contribution in [0.4, 0.5) is 0 Å². The van der Waals surface area contributed by atoms with E-state index in [1.165, 1.54) is 5.57 Å². The first kappa shape index (κ1) is 13.5. The maximum atomic E-state index is 8.85. The molecule has 0 aromatic carbocycles. The molecule has 0 saturated carbocycles. The molecule has 0 spiro atoms. The van der Waals surface area contributed by atoms with Crippen LogP contribution < -0.4 is 5.32 Å². The van der Waals surface area contributed by atoms with Gasteiger partial charge in [-0.15, -0.1) is 6.58 Å². The third-order valence-electron chi connectivity index (χ3n) is 3.13. The Hall–Kier alpha value is -1.56. The average molecular weight is 231 g/mol. The molecule has 3 nitrogen and oxygen atoms in total. The van der Waals surface area contributed by atoms with Crippen LogP contribution in [0.2, 0.25) is 0 Å². The second-order valence-corrected chi connectivity index (χ2v) is 4.52. The fourth-order valence-electron chi connectivity index (χ4n) is 2.12. The predicted octanol–water partition coefficient (Wildman–Crippen LogP) is 2.68. The Labute approximate surface area is 104 Å². The van der Waals surface area contributed by atoms with Gasteiger partial charge in [0, 0.05) is 25.7 Å². The van der Waals surface area contributed by atoms with Crippen LogP contribution in [0.5, 0.6) is 0 Å². The summed E-state index contributed by atoms with van der Waals surface area (Å²) < 4.78 is 0. The lowest BCUT2D eigenvalue weighted by molar-refractivity contribution is 0.505. The zero-order valence-corrected chi connectivity index (χ0v) is 10.7. The van der Waals surface area contributed by atoms with Crippen LogP contribution in [0.3, 0.4) is 0 Å². The number of hydrogen-bond acceptors (Lipinski definition) is 3. The zero-order valence-electron chi connectivity index (χ0n) is 10.7. The predicted molar refractivity (Wildman–Crippen MR) is 71.8 cm³/mol. The van der Waals surface area contributed by atoms with Crippen molar-refractivity contribution >= 4 is 6.21 Å². The van der Waals surface area contributed by atoms with Crippen molar-refractivity contribution in [1.29, 1.82) is 5.26 Å². The van der Waals surface area contributed by atoms with Gasteiger partial charge in [-0.3, -0.25) is 4.99 Å². The van der Waals surface area contributed by atoms with Crippen LogP contribution in [-0.4, -0.2) is 19.8 Å². The number of rotatable bonds is 6. The summed E-state index contributed by atoms with van der Waals surface area (Å²) in [5, 5.41) is 12.0. The molecule has 0 aromatic rings. The van der Waals surface area contributed by atoms with E-state index in [0.29, 0.717) is 5.92 Å². The number of nitriles is 1. The van der Waals surface area contributed by atoms with Gasteiger partial charge in [-0.25, -0.2) is 0 Å². The summed E-state index contributed by atoms with van der Waals surface area (Å²) in [5.74, 6) is 0.475. The van der Waals surface area contributed by atoms with Crippen LogP contribution in [-0.2, 0) is 0 Å². The molecule has 0 amide bonds. The maximum absolute atomic E-state index is 8.85. The summed E-state index contributed by atoms with van der Waals surface area (Å²) in [6.45, 7) is 6.72. The quantitative estimate of drug-likeness (QED) is 0.714. The molecule has 3 heteroatoms. The van der Waals surface area contributed by atoms with Crippen LogP contribution in [0, 0.1) is 23.2 Å². The number of dihydropyridines is 1. The van der Waals surface area contributed by atoms with Crippen molar-refractivity contribution in [2.24, 2.45) is 16.8 Å². The summed E-state index contributed by atoms with van der Waals surface area (Å²) in [7, 11) is 1.92. The van der Waals surface area contributed by atoms with E-state index in [4.69, 9.17) is 5.26 Å². The lowest BCUT2D eigenvalue weighted by atomic mass is 9.88. The molecule has 1 N–H and O–H groups in total. The molecule has 1 rings (SSSR count). The smallest absolute Gasteiger partial charge is 0.0653 e. The van der Waals surface area contributed by atoms with Crippen LogP contribution in [0.25, 0.3) is 0 Å². The molecule has 0 saturated heterocycles. The number of aliphatic imine (C=N–C) groups is 1. The first-order chi connectivity index (χ1) is 8.21. The third-order valence-corrected chi connectivity index (χ3v) is 3.13. The Kier molecular flexibility index (Phi) is 5.48. The minimum atomic E-state index is 0.0916. The van der Waals surface area contributed by atoms with Crippen molar-refractivity contribution in [1.82, 2.24) is 5.32 Å². The van der Waals surface area contributed by atoms with E-state index < -0.39 is 0 Å². The van der Waals surface area contributed by atoms with Gasteiger partial charge < -0.3 is 5.32 Å². The molecule has 2 unspecified atom stereocenters. The Morgan fingerprint density at radius 2 is 2.47 bits per heavy atom. The molecule has 0 radical (unpaired) electrons. The lowest BCUT2D eigenvalue weighted by Gasteiger charge is -2.20. The molecule has 17 heavy (non-hydrogen) atoms. The van der Waals surface area contributed by atoms with E-state index in [9.17, 15) is 0 Å². The fraction of sp³-hybridized carbons (Fsp3) is 0.571. The van der Waals surface area contributed by atoms with Gasteiger partial charge in [0.2, 0.25) is 0 Å². The van der Waals surface area contributed by atoms with Crippen molar-refractivity contribution in [3.8, 4) is 6.07 Å². The highest BCUT2D eigenvalue weighted by molar-refractivity contribution is 5.79. The van der Waals surface area contributed by atoms with Crippen LogP contribution >= 0.6 is 0 Å². The van der Waals surface area contributed by atoms with Crippen molar-refractivity contribution in [3.05, 3.63) is 23.9 Å². The Morgan fingerprint density at radius 3 is 3.06 bits per heavy atom. The highest BCUT2D eigenvalue weighted by Crippen LogP contribution is 2.25. The number of nitrogens with one attached hydrogen (secondary N) is 1. The fourth-order valence-corrected chi connectivity index (χ4v) is 2.12. The largest absolute Gasteiger partial charge is 0.387 e. The summed E-state index contributed by atoms with van der Waals surface area (Å²) in [4.78, 5) is 4.27. The second-order valence-electron chi connectivity index (χ2n) is 4.52. The minimum absolute atomic E-state index is 0.0916. The minimum Gasteiger partial charge on any atom is -0.387 e. The van der Waals surface area contributed by atoms with Crippen LogP contribution in [0.1, 0.15) is 26.2 Å². The molecule has 92 valence electrons. The molecule has 2 atom stereocenters. The Balaban J connectivity index is 2.67. The number of hydrogen-bond donors (Lipinski definition) is 1. The first-order valence-corrected chi connectivity index (χ1v) is 6.13. The van der Waals surface area contributed by atoms with Gasteiger partial charge in [-0.2, -0.15) is 5.26 Å². The van der Waals surface area contributed by atoms with Crippen molar-refractivity contribution < 1.29 is 0 Å². The van der Waals surface area contributed by atoms with E-state index in [0.717, 1.165) is 31.5 Å². The molecular formula is C14H21N3. The monoisotopic (exact) mass is 231 g/mol. The van der Waals surface area contributed by atoms with Crippen molar-refractivity contribution in [3.63, 3.8) is 0 Å². The van der Waals surface area contributed by atoms with Gasteiger partial charge >= 0.3 is 0 Å². The van der Waals surface area contributed by atoms with Crippen LogP contribution in [0.15, 0.2) is 28.9 Å². The molecule has 1 aliphatic heterocycles. The molecule has 0 aromatic heterocycles. The summed E-state index contributed by atoms with van der Waals surface area (Å²) >= 11 is 0. The molecule has 0 fully saturated rings. The van der Waals surface area contributed by atoms with E-state index >= 15 is 0 Å². The summed E-state index contributed by atoms with van der Waals surface area (Å²) in [6.07, 6.45) is 6.76. The summed E-state index contributed by atoms with van der Waals surface area (Å²) in [5.41, 5.74) is 2.53.